The molecular weight excluding hydrogens is 277 g/mol. The molecule has 0 unspecified atom stereocenters. The molecule has 0 radical (unpaired) electrons. The van der Waals surface area contributed by atoms with Crippen LogP contribution < -0.4 is 4.74 Å². The number of benzene rings is 1. The lowest BCUT2D eigenvalue weighted by atomic mass is 10.3. The monoisotopic (exact) mass is 287 g/mol. The first-order valence-electron chi connectivity index (χ1n) is 5.22. The highest BCUT2D eigenvalue weighted by Gasteiger charge is 2.15. The number of H-pyrrole nitrogens is 1. The molecule has 2 aromatic rings. The molecule has 0 aliphatic rings. The molecule has 1 N–H and O–H groups in total. The Hall–Kier alpha value is -1.40. The molecule has 4 nitrogen and oxygen atoms in total. The molecule has 18 heavy (non-hydrogen) atoms. The number of aromatic amines is 1. The van der Waals surface area contributed by atoms with Crippen molar-refractivity contribution < 1.29 is 9.13 Å². The van der Waals surface area contributed by atoms with Gasteiger partial charge in [-0.1, -0.05) is 11.6 Å². The number of ether oxygens (including phenoxy) is 1. The molecule has 0 aliphatic heterocycles. The predicted octanol–water partition coefficient (Wildman–Crippen LogP) is 3.41. The summed E-state index contributed by atoms with van der Waals surface area (Å²) in [5, 5.41) is 6.95. The highest BCUT2D eigenvalue weighted by molar-refractivity contribution is 7.71. The van der Waals surface area contributed by atoms with Crippen LogP contribution in [0.5, 0.6) is 5.75 Å². The van der Waals surface area contributed by atoms with E-state index in [1.807, 2.05) is 6.92 Å². The van der Waals surface area contributed by atoms with Crippen molar-refractivity contribution in [3.63, 3.8) is 0 Å². The maximum absolute atomic E-state index is 12.9. The number of nitrogens with zero attached hydrogens (tertiary/aromatic N) is 2. The van der Waals surface area contributed by atoms with Gasteiger partial charge in [-0.3, -0.25) is 5.10 Å². The molecule has 1 heterocycles. The normalized spacial score (nSPS) is 12.4. The van der Waals surface area contributed by atoms with Gasteiger partial charge in [-0.25, -0.2) is 4.39 Å². The SMILES string of the molecule is C[C@@H](Oc1ccc(F)cc1Cl)c1n[nH]c(=S)n1C. The van der Waals surface area contributed by atoms with Crippen LogP contribution in [0.1, 0.15) is 18.9 Å². The van der Waals surface area contributed by atoms with E-state index >= 15 is 0 Å². The lowest BCUT2D eigenvalue weighted by molar-refractivity contribution is 0.212. The fourth-order valence-electron chi connectivity index (χ4n) is 1.54. The summed E-state index contributed by atoms with van der Waals surface area (Å²) < 4.78 is 20.7. The van der Waals surface area contributed by atoms with Crippen molar-refractivity contribution in [3.8, 4) is 5.75 Å². The van der Waals surface area contributed by atoms with E-state index in [1.165, 1.54) is 18.2 Å². The van der Waals surface area contributed by atoms with E-state index in [-0.39, 0.29) is 11.1 Å². The van der Waals surface area contributed by atoms with Gasteiger partial charge in [-0.15, -0.1) is 0 Å². The van der Waals surface area contributed by atoms with Crippen molar-refractivity contribution in [2.45, 2.75) is 13.0 Å². The minimum absolute atomic E-state index is 0.221. The van der Waals surface area contributed by atoms with E-state index in [1.54, 1.807) is 11.6 Å². The van der Waals surface area contributed by atoms with Crippen molar-refractivity contribution in [2.24, 2.45) is 7.05 Å². The third-order valence-corrected chi connectivity index (χ3v) is 3.14. The molecule has 1 atom stereocenters. The van der Waals surface area contributed by atoms with Gasteiger partial charge in [-0.2, -0.15) is 5.10 Å². The van der Waals surface area contributed by atoms with Crippen LogP contribution in [0, 0.1) is 10.6 Å². The third-order valence-electron chi connectivity index (χ3n) is 2.48. The maximum Gasteiger partial charge on any atom is 0.195 e. The predicted molar refractivity (Wildman–Crippen MR) is 68.8 cm³/mol. The van der Waals surface area contributed by atoms with Crippen LogP contribution in [0.4, 0.5) is 4.39 Å². The average Bonchev–Trinajstić information content (AvgIpc) is 2.64. The first-order chi connectivity index (χ1) is 8.49. The molecule has 96 valence electrons. The molecule has 0 saturated heterocycles. The molecular formula is C11H11ClFN3OS. The smallest absolute Gasteiger partial charge is 0.195 e. The Balaban J connectivity index is 2.24. The highest BCUT2D eigenvalue weighted by atomic mass is 35.5. The van der Waals surface area contributed by atoms with Gasteiger partial charge in [0.05, 0.1) is 5.02 Å². The minimum Gasteiger partial charge on any atom is -0.481 e. The Morgan fingerprint density at radius 3 is 2.83 bits per heavy atom. The number of nitrogens with one attached hydrogen (secondary N) is 1. The maximum atomic E-state index is 12.9. The Morgan fingerprint density at radius 2 is 2.28 bits per heavy atom. The van der Waals surface area contributed by atoms with Crippen molar-refractivity contribution in [2.75, 3.05) is 0 Å². The summed E-state index contributed by atoms with van der Waals surface area (Å²) in [6, 6.07) is 3.97. The molecule has 0 spiro atoms. The van der Waals surface area contributed by atoms with Gasteiger partial charge >= 0.3 is 0 Å². The summed E-state index contributed by atoms with van der Waals surface area (Å²) in [4.78, 5) is 0. The zero-order valence-corrected chi connectivity index (χ0v) is 11.3. The van der Waals surface area contributed by atoms with Gasteiger partial charge in [0.15, 0.2) is 16.7 Å². The van der Waals surface area contributed by atoms with Gasteiger partial charge < -0.3 is 9.30 Å². The second kappa shape index (κ2) is 5.07. The van der Waals surface area contributed by atoms with E-state index in [0.717, 1.165) is 0 Å². The fourth-order valence-corrected chi connectivity index (χ4v) is 1.89. The van der Waals surface area contributed by atoms with Crippen LogP contribution in [0.3, 0.4) is 0 Å². The van der Waals surface area contributed by atoms with Gasteiger partial charge in [0.1, 0.15) is 11.6 Å². The van der Waals surface area contributed by atoms with Crippen LogP contribution in [0.25, 0.3) is 0 Å². The molecule has 1 aromatic heterocycles. The molecule has 2 rings (SSSR count). The summed E-state index contributed by atoms with van der Waals surface area (Å²) in [5.41, 5.74) is 0. The number of hydrogen-bond acceptors (Lipinski definition) is 3. The lowest BCUT2D eigenvalue weighted by Gasteiger charge is -2.14. The molecule has 0 fully saturated rings. The summed E-state index contributed by atoms with van der Waals surface area (Å²) in [5.74, 6) is 0.637. The van der Waals surface area contributed by atoms with Crippen LogP contribution in [0.15, 0.2) is 18.2 Å². The molecule has 1 aromatic carbocycles. The Morgan fingerprint density at radius 1 is 1.56 bits per heavy atom. The quantitative estimate of drug-likeness (QED) is 0.880. The zero-order chi connectivity index (χ0) is 13.3. The Labute approximate surface area is 113 Å². The van der Waals surface area contributed by atoms with Gasteiger partial charge in [-0.05, 0) is 37.3 Å². The van der Waals surface area contributed by atoms with Crippen LogP contribution in [-0.4, -0.2) is 14.8 Å². The standard InChI is InChI=1S/C11H11ClFN3OS/c1-6(10-14-15-11(18)16(10)2)17-9-4-3-7(13)5-8(9)12/h3-6H,1-2H3,(H,15,18)/t6-/m1/s1. The van der Waals surface area contributed by atoms with Crippen molar-refractivity contribution in [3.05, 3.63) is 39.6 Å². The minimum atomic E-state index is -0.404. The first-order valence-corrected chi connectivity index (χ1v) is 6.00. The number of aromatic nitrogens is 3. The van der Waals surface area contributed by atoms with Crippen molar-refractivity contribution in [1.82, 2.24) is 14.8 Å². The summed E-state index contributed by atoms with van der Waals surface area (Å²) >= 11 is 10.9. The molecule has 0 amide bonds. The first kappa shape index (κ1) is 13.0. The zero-order valence-electron chi connectivity index (χ0n) is 9.78. The second-order valence-electron chi connectivity index (χ2n) is 3.78. The Kier molecular flexibility index (Phi) is 3.68. The van der Waals surface area contributed by atoms with Crippen LogP contribution >= 0.6 is 23.8 Å². The van der Waals surface area contributed by atoms with E-state index in [2.05, 4.69) is 10.2 Å². The summed E-state index contributed by atoms with van der Waals surface area (Å²) in [7, 11) is 1.79. The molecule has 0 saturated carbocycles. The highest BCUT2D eigenvalue weighted by Crippen LogP contribution is 2.28. The Bertz CT molecular complexity index is 625. The largest absolute Gasteiger partial charge is 0.481 e. The lowest BCUT2D eigenvalue weighted by Crippen LogP contribution is -2.10. The number of hydrogen-bond donors (Lipinski definition) is 1. The van der Waals surface area contributed by atoms with Gasteiger partial charge in [0, 0.05) is 7.05 Å². The summed E-state index contributed by atoms with van der Waals surface area (Å²) in [6.45, 7) is 1.81. The fraction of sp³-hybridized carbons (Fsp3) is 0.273. The van der Waals surface area contributed by atoms with Gasteiger partial charge in [0.25, 0.3) is 0 Å². The molecule has 7 heteroatoms. The number of halogens is 2. The topological polar surface area (TPSA) is 42.8 Å². The molecule has 0 aliphatic carbocycles. The van der Waals surface area contributed by atoms with Crippen molar-refractivity contribution in [1.29, 1.82) is 0 Å². The third kappa shape index (κ3) is 2.54. The van der Waals surface area contributed by atoms with Crippen LogP contribution in [0.2, 0.25) is 5.02 Å². The van der Waals surface area contributed by atoms with Crippen molar-refractivity contribution >= 4 is 23.8 Å². The van der Waals surface area contributed by atoms with E-state index in [9.17, 15) is 4.39 Å². The van der Waals surface area contributed by atoms with E-state index < -0.39 is 5.82 Å². The van der Waals surface area contributed by atoms with Crippen LogP contribution in [-0.2, 0) is 7.05 Å². The average molecular weight is 288 g/mol. The molecule has 0 bridgehead atoms. The van der Waals surface area contributed by atoms with Gasteiger partial charge in [0.2, 0.25) is 0 Å². The number of rotatable bonds is 3. The van der Waals surface area contributed by atoms with E-state index in [0.29, 0.717) is 16.3 Å². The second-order valence-corrected chi connectivity index (χ2v) is 4.57. The van der Waals surface area contributed by atoms with E-state index in [4.69, 9.17) is 28.6 Å². The summed E-state index contributed by atoms with van der Waals surface area (Å²) in [6.07, 6.45) is -0.356.